The van der Waals surface area contributed by atoms with E-state index in [1.165, 1.54) is 5.56 Å². The Morgan fingerprint density at radius 1 is 1.35 bits per heavy atom. The predicted octanol–water partition coefficient (Wildman–Crippen LogP) is 1.02. The van der Waals surface area contributed by atoms with E-state index >= 15 is 0 Å². The van der Waals surface area contributed by atoms with Crippen molar-refractivity contribution >= 4 is 9.84 Å². The third-order valence-corrected chi connectivity index (χ3v) is 6.08. The zero-order valence-corrected chi connectivity index (χ0v) is 13.1. The number of hydrogen-bond donors (Lipinski definition) is 1. The summed E-state index contributed by atoms with van der Waals surface area (Å²) in [5.74, 6) is 0.509. The van der Waals surface area contributed by atoms with E-state index in [-0.39, 0.29) is 23.0 Å². The van der Waals surface area contributed by atoms with E-state index < -0.39 is 9.84 Å². The molecular weight excluding hydrogens is 272 g/mol. The zero-order chi connectivity index (χ0) is 14.8. The van der Waals surface area contributed by atoms with Crippen molar-refractivity contribution in [2.24, 2.45) is 5.73 Å². The van der Waals surface area contributed by atoms with Crippen molar-refractivity contribution < 1.29 is 8.42 Å². The molecule has 0 spiro atoms. The van der Waals surface area contributed by atoms with Crippen molar-refractivity contribution in [1.29, 1.82) is 0 Å². The molecule has 112 valence electrons. The topological polar surface area (TPSA) is 63.4 Å². The first-order valence-electron chi connectivity index (χ1n) is 7.06. The van der Waals surface area contributed by atoms with Gasteiger partial charge in [-0.3, -0.25) is 4.90 Å². The molecule has 0 aliphatic carbocycles. The Labute approximate surface area is 121 Å². The van der Waals surface area contributed by atoms with Crippen molar-refractivity contribution in [3.63, 3.8) is 0 Å². The summed E-state index contributed by atoms with van der Waals surface area (Å²) in [5, 5.41) is 0. The van der Waals surface area contributed by atoms with Crippen molar-refractivity contribution in [3.8, 4) is 0 Å². The van der Waals surface area contributed by atoms with E-state index in [0.29, 0.717) is 13.1 Å². The summed E-state index contributed by atoms with van der Waals surface area (Å²) in [7, 11) is -2.86. The number of nitrogens with two attached hydrogens (primary N) is 1. The number of benzene rings is 1. The van der Waals surface area contributed by atoms with Crippen LogP contribution in [0.2, 0.25) is 0 Å². The van der Waals surface area contributed by atoms with Crippen LogP contribution in [0.1, 0.15) is 19.4 Å². The molecule has 2 unspecified atom stereocenters. The van der Waals surface area contributed by atoms with Gasteiger partial charge in [0.1, 0.15) is 0 Å². The molecular formula is C15H24N2O2S. The van der Waals surface area contributed by atoms with Crippen molar-refractivity contribution in [2.75, 3.05) is 31.1 Å². The van der Waals surface area contributed by atoms with E-state index in [1.54, 1.807) is 0 Å². The van der Waals surface area contributed by atoms with Crippen LogP contribution >= 0.6 is 0 Å². The quantitative estimate of drug-likeness (QED) is 0.901. The number of hydrogen-bond acceptors (Lipinski definition) is 4. The Morgan fingerprint density at radius 2 is 2.00 bits per heavy atom. The van der Waals surface area contributed by atoms with Crippen LogP contribution in [0.25, 0.3) is 0 Å². The van der Waals surface area contributed by atoms with Gasteiger partial charge in [-0.2, -0.15) is 0 Å². The van der Waals surface area contributed by atoms with E-state index in [4.69, 9.17) is 5.73 Å². The third kappa shape index (κ3) is 3.40. The second-order valence-corrected chi connectivity index (χ2v) is 8.29. The van der Waals surface area contributed by atoms with Crippen molar-refractivity contribution in [3.05, 3.63) is 35.9 Å². The SMILES string of the molecule is CC1CS(=O)(=O)CCN1CC(C)(CN)c1ccccc1. The van der Waals surface area contributed by atoms with Crippen molar-refractivity contribution in [1.82, 2.24) is 4.90 Å². The zero-order valence-electron chi connectivity index (χ0n) is 12.2. The highest BCUT2D eigenvalue weighted by molar-refractivity contribution is 7.91. The van der Waals surface area contributed by atoms with Crippen LogP contribution < -0.4 is 5.73 Å². The predicted molar refractivity (Wildman–Crippen MR) is 82.5 cm³/mol. The van der Waals surface area contributed by atoms with Crippen LogP contribution in [0.5, 0.6) is 0 Å². The molecule has 2 atom stereocenters. The maximum absolute atomic E-state index is 11.7. The van der Waals surface area contributed by atoms with Crippen LogP contribution in [0.3, 0.4) is 0 Å². The van der Waals surface area contributed by atoms with Gasteiger partial charge >= 0.3 is 0 Å². The Kier molecular flexibility index (Phi) is 4.52. The molecule has 1 heterocycles. The van der Waals surface area contributed by atoms with E-state index in [9.17, 15) is 8.42 Å². The molecule has 20 heavy (non-hydrogen) atoms. The molecule has 1 aromatic rings. The second-order valence-electron chi connectivity index (χ2n) is 6.06. The van der Waals surface area contributed by atoms with E-state index in [0.717, 1.165) is 6.54 Å². The average molecular weight is 296 g/mol. The molecule has 1 saturated heterocycles. The fraction of sp³-hybridized carbons (Fsp3) is 0.600. The number of nitrogens with zero attached hydrogens (tertiary/aromatic N) is 1. The molecule has 1 aliphatic heterocycles. The highest BCUT2D eigenvalue weighted by atomic mass is 32.2. The van der Waals surface area contributed by atoms with Crippen LogP contribution in [0.15, 0.2) is 30.3 Å². The molecule has 1 aliphatic rings. The monoisotopic (exact) mass is 296 g/mol. The molecule has 0 bridgehead atoms. The number of sulfone groups is 1. The minimum Gasteiger partial charge on any atom is -0.330 e. The molecule has 0 radical (unpaired) electrons. The minimum absolute atomic E-state index is 0.0586. The first-order chi connectivity index (χ1) is 9.36. The molecule has 2 N–H and O–H groups in total. The summed E-state index contributed by atoms with van der Waals surface area (Å²) in [6.45, 7) is 6.08. The largest absolute Gasteiger partial charge is 0.330 e. The lowest BCUT2D eigenvalue weighted by Gasteiger charge is -2.40. The van der Waals surface area contributed by atoms with Crippen LogP contribution in [0, 0.1) is 0 Å². The highest BCUT2D eigenvalue weighted by Gasteiger charge is 2.34. The van der Waals surface area contributed by atoms with Gasteiger partial charge in [0.2, 0.25) is 0 Å². The third-order valence-electron chi connectivity index (χ3n) is 4.28. The summed E-state index contributed by atoms with van der Waals surface area (Å²) in [5.41, 5.74) is 7.08. The van der Waals surface area contributed by atoms with Crippen LogP contribution in [0.4, 0.5) is 0 Å². The smallest absolute Gasteiger partial charge is 0.153 e. The van der Waals surface area contributed by atoms with Gasteiger partial charge in [-0.25, -0.2) is 8.42 Å². The average Bonchev–Trinajstić information content (AvgIpc) is 2.42. The summed E-state index contributed by atoms with van der Waals surface area (Å²) in [4.78, 5) is 2.25. The standard InChI is InChI=1S/C15H24N2O2S/c1-13-10-20(18,19)9-8-17(13)12-15(2,11-16)14-6-4-3-5-7-14/h3-7,13H,8-12,16H2,1-2H3. The van der Waals surface area contributed by atoms with Gasteiger partial charge in [-0.15, -0.1) is 0 Å². The lowest BCUT2D eigenvalue weighted by atomic mass is 9.81. The van der Waals surface area contributed by atoms with E-state index in [1.807, 2.05) is 25.1 Å². The lowest BCUT2D eigenvalue weighted by Crippen LogP contribution is -2.53. The summed E-state index contributed by atoms with van der Waals surface area (Å²) < 4.78 is 23.3. The summed E-state index contributed by atoms with van der Waals surface area (Å²) >= 11 is 0. The molecule has 1 aromatic carbocycles. The molecule has 4 nitrogen and oxygen atoms in total. The van der Waals surface area contributed by atoms with Gasteiger partial charge < -0.3 is 5.73 Å². The summed E-state index contributed by atoms with van der Waals surface area (Å²) in [6, 6.07) is 10.3. The molecule has 1 fully saturated rings. The summed E-state index contributed by atoms with van der Waals surface area (Å²) in [6.07, 6.45) is 0. The van der Waals surface area contributed by atoms with Crippen molar-refractivity contribution in [2.45, 2.75) is 25.3 Å². The van der Waals surface area contributed by atoms with Gasteiger partial charge in [0.05, 0.1) is 11.5 Å². The minimum atomic E-state index is -2.86. The van der Waals surface area contributed by atoms with Crippen LogP contribution in [-0.2, 0) is 15.3 Å². The molecule has 0 saturated carbocycles. The maximum atomic E-state index is 11.7. The van der Waals surface area contributed by atoms with Crippen LogP contribution in [-0.4, -0.2) is 50.5 Å². The Bertz CT molecular complexity index is 544. The Morgan fingerprint density at radius 3 is 2.55 bits per heavy atom. The maximum Gasteiger partial charge on any atom is 0.153 e. The number of rotatable bonds is 4. The van der Waals surface area contributed by atoms with E-state index in [2.05, 4.69) is 24.0 Å². The fourth-order valence-corrected chi connectivity index (χ4v) is 4.46. The molecule has 0 amide bonds. The molecule has 0 aromatic heterocycles. The van der Waals surface area contributed by atoms with Gasteiger partial charge in [-0.05, 0) is 12.5 Å². The normalized spacial score (nSPS) is 26.1. The molecule has 5 heteroatoms. The highest BCUT2D eigenvalue weighted by Crippen LogP contribution is 2.26. The lowest BCUT2D eigenvalue weighted by molar-refractivity contribution is 0.181. The first kappa shape index (κ1) is 15.5. The Hall–Kier alpha value is -0.910. The van der Waals surface area contributed by atoms with Gasteiger partial charge in [0.25, 0.3) is 0 Å². The van der Waals surface area contributed by atoms with Gasteiger partial charge in [0.15, 0.2) is 9.84 Å². The first-order valence-corrected chi connectivity index (χ1v) is 8.88. The second kappa shape index (κ2) is 5.84. The van der Waals surface area contributed by atoms with Gasteiger partial charge in [-0.1, -0.05) is 37.3 Å². The van der Waals surface area contributed by atoms with Gasteiger partial charge in [0, 0.05) is 31.1 Å². The Balaban J connectivity index is 2.15. The molecule has 2 rings (SSSR count). The fourth-order valence-electron chi connectivity index (χ4n) is 2.83.